The van der Waals surface area contributed by atoms with E-state index in [0.717, 1.165) is 24.8 Å². The number of amides is 2. The zero-order chi connectivity index (χ0) is 23.5. The Morgan fingerprint density at radius 2 is 1.85 bits per heavy atom. The summed E-state index contributed by atoms with van der Waals surface area (Å²) in [6.45, 7) is -0.0901. The van der Waals surface area contributed by atoms with Crippen LogP contribution in [0.25, 0.3) is 0 Å². The molecule has 4 rings (SSSR count). The van der Waals surface area contributed by atoms with Crippen molar-refractivity contribution in [1.82, 2.24) is 9.91 Å². The van der Waals surface area contributed by atoms with Crippen molar-refractivity contribution < 1.29 is 23.5 Å². The SMILES string of the molecule is COc1ccc(C2CC(c3ccccc3F)=NN2C(=O)CN(C)C(=O)C2CCC2)cc1OC. The lowest BCUT2D eigenvalue weighted by Crippen LogP contribution is -2.42. The minimum absolute atomic E-state index is 0.000464. The Labute approximate surface area is 192 Å². The number of hydrogen-bond donors (Lipinski definition) is 0. The molecular formula is C25H28FN3O4. The average Bonchev–Trinajstić information content (AvgIpc) is 3.23. The predicted molar refractivity (Wildman–Crippen MR) is 122 cm³/mol. The Morgan fingerprint density at radius 1 is 1.12 bits per heavy atom. The van der Waals surface area contributed by atoms with Crippen molar-refractivity contribution >= 4 is 17.5 Å². The fourth-order valence-corrected chi connectivity index (χ4v) is 4.24. The van der Waals surface area contributed by atoms with Gasteiger partial charge in [-0.3, -0.25) is 9.59 Å². The summed E-state index contributed by atoms with van der Waals surface area (Å²) in [6.07, 6.45) is 3.11. The molecule has 0 radical (unpaired) electrons. The summed E-state index contributed by atoms with van der Waals surface area (Å²) < 4.78 is 25.2. The molecule has 2 amide bonds. The van der Waals surface area contributed by atoms with E-state index in [1.54, 1.807) is 51.6 Å². The maximum Gasteiger partial charge on any atom is 0.262 e. The first-order chi connectivity index (χ1) is 15.9. The number of halogens is 1. The van der Waals surface area contributed by atoms with Crippen LogP contribution in [-0.2, 0) is 9.59 Å². The Bertz CT molecular complexity index is 1080. The molecule has 2 aromatic rings. The van der Waals surface area contributed by atoms with Crippen molar-refractivity contribution in [3.8, 4) is 11.5 Å². The smallest absolute Gasteiger partial charge is 0.262 e. The van der Waals surface area contributed by atoms with Gasteiger partial charge >= 0.3 is 0 Å². The third-order valence-electron chi connectivity index (χ3n) is 6.35. The van der Waals surface area contributed by atoms with Gasteiger partial charge in [-0.25, -0.2) is 9.40 Å². The van der Waals surface area contributed by atoms with E-state index in [2.05, 4.69) is 5.10 Å². The highest BCUT2D eigenvalue weighted by Crippen LogP contribution is 2.38. The fourth-order valence-electron chi connectivity index (χ4n) is 4.24. The number of carbonyl (C=O) groups is 2. The number of hydrazone groups is 1. The van der Waals surface area contributed by atoms with Crippen LogP contribution in [0.15, 0.2) is 47.6 Å². The zero-order valence-electron chi connectivity index (χ0n) is 19.1. The molecule has 1 aliphatic heterocycles. The van der Waals surface area contributed by atoms with Crippen molar-refractivity contribution in [2.75, 3.05) is 27.8 Å². The van der Waals surface area contributed by atoms with E-state index >= 15 is 0 Å². The van der Waals surface area contributed by atoms with Gasteiger partial charge in [0, 0.05) is 24.9 Å². The number of carbonyl (C=O) groups excluding carboxylic acids is 2. The molecule has 0 bridgehead atoms. The van der Waals surface area contributed by atoms with Gasteiger partial charge in [-0.05, 0) is 36.6 Å². The second kappa shape index (κ2) is 9.60. The van der Waals surface area contributed by atoms with Crippen LogP contribution in [0.5, 0.6) is 11.5 Å². The quantitative estimate of drug-likeness (QED) is 0.640. The number of rotatable bonds is 7. The Hall–Kier alpha value is -3.42. The predicted octanol–water partition coefficient (Wildman–Crippen LogP) is 3.78. The van der Waals surface area contributed by atoms with Gasteiger partial charge in [0.05, 0.1) is 26.0 Å². The maximum absolute atomic E-state index is 14.5. The molecule has 1 unspecified atom stereocenters. The topological polar surface area (TPSA) is 71.4 Å². The van der Waals surface area contributed by atoms with Crippen molar-refractivity contribution in [2.45, 2.75) is 31.7 Å². The summed E-state index contributed by atoms with van der Waals surface area (Å²) in [5.74, 6) is 0.359. The van der Waals surface area contributed by atoms with Gasteiger partial charge in [0.2, 0.25) is 5.91 Å². The van der Waals surface area contributed by atoms with E-state index in [1.165, 1.54) is 16.0 Å². The lowest BCUT2D eigenvalue weighted by Gasteiger charge is -2.30. The van der Waals surface area contributed by atoms with Crippen molar-refractivity contribution in [3.63, 3.8) is 0 Å². The molecule has 0 N–H and O–H groups in total. The summed E-state index contributed by atoms with van der Waals surface area (Å²) in [5.41, 5.74) is 1.62. The summed E-state index contributed by atoms with van der Waals surface area (Å²) in [4.78, 5) is 27.3. The number of methoxy groups -OCH3 is 2. The van der Waals surface area contributed by atoms with Crippen molar-refractivity contribution in [2.24, 2.45) is 11.0 Å². The molecule has 33 heavy (non-hydrogen) atoms. The second-order valence-corrected chi connectivity index (χ2v) is 8.42. The van der Waals surface area contributed by atoms with Crippen LogP contribution in [0, 0.1) is 11.7 Å². The lowest BCUT2D eigenvalue weighted by molar-refractivity contribution is -0.144. The monoisotopic (exact) mass is 453 g/mol. The first-order valence-corrected chi connectivity index (χ1v) is 11.0. The number of hydrogen-bond acceptors (Lipinski definition) is 5. The molecule has 2 aliphatic rings. The molecule has 0 saturated heterocycles. The van der Waals surface area contributed by atoms with Gasteiger partial charge in [-0.2, -0.15) is 5.10 Å². The largest absolute Gasteiger partial charge is 0.493 e. The van der Waals surface area contributed by atoms with Crippen LogP contribution in [0.3, 0.4) is 0 Å². The van der Waals surface area contributed by atoms with Gasteiger partial charge in [0.25, 0.3) is 5.91 Å². The third-order valence-corrected chi connectivity index (χ3v) is 6.35. The van der Waals surface area contributed by atoms with Crippen LogP contribution < -0.4 is 9.47 Å². The van der Waals surface area contributed by atoms with E-state index in [0.29, 0.717) is 29.2 Å². The van der Waals surface area contributed by atoms with Gasteiger partial charge < -0.3 is 14.4 Å². The van der Waals surface area contributed by atoms with Crippen LogP contribution in [-0.4, -0.2) is 55.2 Å². The van der Waals surface area contributed by atoms with E-state index in [-0.39, 0.29) is 24.3 Å². The molecule has 1 aliphatic carbocycles. The number of likely N-dealkylation sites (N-methyl/N-ethyl adjacent to an activating group) is 1. The molecule has 0 aromatic heterocycles. The second-order valence-electron chi connectivity index (χ2n) is 8.42. The van der Waals surface area contributed by atoms with Gasteiger partial charge in [0.1, 0.15) is 12.4 Å². The normalized spacial score (nSPS) is 17.9. The fraction of sp³-hybridized carbons (Fsp3) is 0.400. The Morgan fingerprint density at radius 3 is 2.48 bits per heavy atom. The van der Waals surface area contributed by atoms with Crippen molar-refractivity contribution in [3.05, 3.63) is 59.4 Å². The molecule has 2 aromatic carbocycles. The van der Waals surface area contributed by atoms with Crippen LogP contribution in [0.1, 0.15) is 42.9 Å². The minimum atomic E-state index is -0.459. The molecular weight excluding hydrogens is 425 g/mol. The highest BCUT2D eigenvalue weighted by atomic mass is 19.1. The summed E-state index contributed by atoms with van der Waals surface area (Å²) in [6, 6.07) is 11.3. The third kappa shape index (κ3) is 4.55. The molecule has 1 fully saturated rings. The first kappa shape index (κ1) is 22.8. The van der Waals surface area contributed by atoms with Crippen LogP contribution in [0.4, 0.5) is 4.39 Å². The molecule has 8 heteroatoms. The maximum atomic E-state index is 14.5. The van der Waals surface area contributed by atoms with Gasteiger partial charge in [-0.15, -0.1) is 0 Å². The zero-order valence-corrected chi connectivity index (χ0v) is 19.1. The molecule has 1 heterocycles. The van der Waals surface area contributed by atoms with Crippen LogP contribution in [0.2, 0.25) is 0 Å². The number of ether oxygens (including phenoxy) is 2. The molecule has 0 spiro atoms. The highest BCUT2D eigenvalue weighted by Gasteiger charge is 2.36. The molecule has 7 nitrogen and oxygen atoms in total. The van der Waals surface area contributed by atoms with E-state index in [4.69, 9.17) is 9.47 Å². The summed E-state index contributed by atoms with van der Waals surface area (Å²) >= 11 is 0. The Kier molecular flexibility index (Phi) is 6.62. The summed E-state index contributed by atoms with van der Waals surface area (Å²) in [5, 5.41) is 5.89. The standard InChI is InChI=1S/C25H28FN3O4/c1-28(25(31)16-7-6-8-16)15-24(30)29-21(17-11-12-22(32-2)23(13-17)33-3)14-20(27-29)18-9-4-5-10-19(18)26/h4-5,9-13,16,21H,6-8,14-15H2,1-3H3. The van der Waals surface area contributed by atoms with E-state index < -0.39 is 11.9 Å². The van der Waals surface area contributed by atoms with E-state index in [9.17, 15) is 14.0 Å². The molecule has 174 valence electrons. The van der Waals surface area contributed by atoms with Crippen LogP contribution >= 0.6 is 0 Å². The first-order valence-electron chi connectivity index (χ1n) is 11.0. The van der Waals surface area contributed by atoms with Gasteiger partial charge in [-0.1, -0.05) is 30.7 Å². The minimum Gasteiger partial charge on any atom is -0.493 e. The summed E-state index contributed by atoms with van der Waals surface area (Å²) in [7, 11) is 4.74. The Balaban J connectivity index is 1.63. The molecule has 1 atom stereocenters. The highest BCUT2D eigenvalue weighted by molar-refractivity contribution is 6.03. The van der Waals surface area contributed by atoms with Gasteiger partial charge in [0.15, 0.2) is 11.5 Å². The lowest BCUT2D eigenvalue weighted by atomic mass is 9.84. The average molecular weight is 454 g/mol. The van der Waals surface area contributed by atoms with Crippen molar-refractivity contribution in [1.29, 1.82) is 0 Å². The van der Waals surface area contributed by atoms with E-state index in [1.807, 2.05) is 6.07 Å². The molecule has 1 saturated carbocycles. The number of benzene rings is 2. The number of nitrogens with zero attached hydrogens (tertiary/aromatic N) is 3.